The molecule has 1 atom stereocenters. The molecular formula is C15H21ClN2O2S. The van der Waals surface area contributed by atoms with Crippen molar-refractivity contribution in [3.63, 3.8) is 0 Å². The number of sulfonamides is 1. The van der Waals surface area contributed by atoms with Crippen LogP contribution in [0.25, 0.3) is 6.08 Å². The molecule has 1 fully saturated rings. The molecule has 1 unspecified atom stereocenters. The molecule has 0 bridgehead atoms. The summed E-state index contributed by atoms with van der Waals surface area (Å²) < 4.78 is 26.4. The molecule has 0 saturated carbocycles. The van der Waals surface area contributed by atoms with Crippen LogP contribution in [0, 0.1) is 5.92 Å². The van der Waals surface area contributed by atoms with Gasteiger partial charge >= 0.3 is 0 Å². The van der Waals surface area contributed by atoms with E-state index in [2.05, 4.69) is 10.0 Å². The van der Waals surface area contributed by atoms with Crippen LogP contribution in [-0.2, 0) is 10.0 Å². The second-order valence-corrected chi connectivity index (χ2v) is 7.38. The van der Waals surface area contributed by atoms with Gasteiger partial charge in [0.05, 0.1) is 0 Å². The first-order chi connectivity index (χ1) is 10.1. The Morgan fingerprint density at radius 3 is 2.76 bits per heavy atom. The molecule has 0 radical (unpaired) electrons. The van der Waals surface area contributed by atoms with Crippen LogP contribution in [0.4, 0.5) is 0 Å². The van der Waals surface area contributed by atoms with Crippen LogP contribution in [0.15, 0.2) is 29.7 Å². The van der Waals surface area contributed by atoms with Crippen molar-refractivity contribution < 1.29 is 8.42 Å². The average Bonchev–Trinajstić information content (AvgIpc) is 2.48. The van der Waals surface area contributed by atoms with Gasteiger partial charge in [-0.05, 0) is 62.0 Å². The summed E-state index contributed by atoms with van der Waals surface area (Å²) in [7, 11) is -3.37. The van der Waals surface area contributed by atoms with E-state index in [1.165, 1.54) is 18.2 Å². The molecule has 2 N–H and O–H groups in total. The molecule has 2 rings (SSSR count). The highest BCUT2D eigenvalue weighted by molar-refractivity contribution is 7.92. The van der Waals surface area contributed by atoms with E-state index < -0.39 is 10.0 Å². The summed E-state index contributed by atoms with van der Waals surface area (Å²) in [6.45, 7) is 2.55. The SMILES string of the molecule is O=S(=O)(C=Cc1ccc(Cl)cc1)NCCC1CCCNC1. The summed E-state index contributed by atoms with van der Waals surface area (Å²) in [6, 6.07) is 7.03. The van der Waals surface area contributed by atoms with Gasteiger partial charge in [-0.25, -0.2) is 13.1 Å². The highest BCUT2D eigenvalue weighted by Gasteiger charge is 2.13. The van der Waals surface area contributed by atoms with Gasteiger partial charge in [-0.1, -0.05) is 23.7 Å². The van der Waals surface area contributed by atoms with Crippen molar-refractivity contribution >= 4 is 27.7 Å². The molecule has 0 amide bonds. The minimum atomic E-state index is -3.37. The molecule has 1 heterocycles. The Morgan fingerprint density at radius 2 is 2.10 bits per heavy atom. The van der Waals surface area contributed by atoms with E-state index in [1.54, 1.807) is 30.3 Å². The van der Waals surface area contributed by atoms with Gasteiger partial charge in [-0.15, -0.1) is 0 Å². The quantitative estimate of drug-likeness (QED) is 0.844. The lowest BCUT2D eigenvalue weighted by molar-refractivity contribution is 0.358. The molecule has 116 valence electrons. The number of hydrogen-bond acceptors (Lipinski definition) is 3. The minimum Gasteiger partial charge on any atom is -0.316 e. The lowest BCUT2D eigenvalue weighted by Crippen LogP contribution is -2.32. The Balaban J connectivity index is 1.79. The Bertz CT molecular complexity index is 564. The molecule has 1 aromatic carbocycles. The fourth-order valence-corrected chi connectivity index (χ4v) is 3.33. The molecule has 0 spiro atoms. The lowest BCUT2D eigenvalue weighted by atomic mass is 9.96. The summed E-state index contributed by atoms with van der Waals surface area (Å²) in [5.41, 5.74) is 0.807. The third-order valence-electron chi connectivity index (χ3n) is 3.56. The smallest absolute Gasteiger partial charge is 0.233 e. The number of halogens is 1. The zero-order valence-electron chi connectivity index (χ0n) is 11.9. The zero-order valence-corrected chi connectivity index (χ0v) is 13.5. The van der Waals surface area contributed by atoms with E-state index in [9.17, 15) is 8.42 Å². The summed E-state index contributed by atoms with van der Waals surface area (Å²) in [5, 5.41) is 5.17. The lowest BCUT2D eigenvalue weighted by Gasteiger charge is -2.22. The van der Waals surface area contributed by atoms with Gasteiger partial charge in [0.2, 0.25) is 10.0 Å². The summed E-state index contributed by atoms with van der Waals surface area (Å²) in [4.78, 5) is 0. The third kappa shape index (κ3) is 6.18. The van der Waals surface area contributed by atoms with Crippen LogP contribution < -0.4 is 10.0 Å². The fourth-order valence-electron chi connectivity index (χ4n) is 2.37. The third-order valence-corrected chi connectivity index (χ3v) is 4.92. The van der Waals surface area contributed by atoms with Crippen LogP contribution in [-0.4, -0.2) is 28.1 Å². The van der Waals surface area contributed by atoms with Gasteiger partial charge in [0, 0.05) is 17.0 Å². The summed E-state index contributed by atoms with van der Waals surface area (Å²) in [6.07, 6.45) is 4.80. The number of piperidine rings is 1. The van der Waals surface area contributed by atoms with Crippen LogP contribution in [0.5, 0.6) is 0 Å². The molecule has 0 aliphatic carbocycles. The predicted molar refractivity (Wildman–Crippen MR) is 87.6 cm³/mol. The molecule has 1 aromatic rings. The Labute approximate surface area is 131 Å². The molecule has 21 heavy (non-hydrogen) atoms. The Hall–Kier alpha value is -0.880. The van der Waals surface area contributed by atoms with E-state index >= 15 is 0 Å². The minimum absolute atomic E-state index is 0.486. The number of hydrogen-bond donors (Lipinski definition) is 2. The molecule has 4 nitrogen and oxygen atoms in total. The topological polar surface area (TPSA) is 58.2 Å². The standard InChI is InChI=1S/C15H21ClN2O2S/c16-15-5-3-13(4-6-15)8-11-21(19,20)18-10-7-14-2-1-9-17-12-14/h3-6,8,11,14,17-18H,1-2,7,9-10,12H2. The fraction of sp³-hybridized carbons (Fsp3) is 0.467. The molecule has 1 aliphatic heterocycles. The second-order valence-electron chi connectivity index (χ2n) is 5.29. The van der Waals surface area contributed by atoms with Crippen LogP contribution in [0.1, 0.15) is 24.8 Å². The summed E-state index contributed by atoms with van der Waals surface area (Å²) >= 11 is 5.78. The van der Waals surface area contributed by atoms with Crippen molar-refractivity contribution in [2.75, 3.05) is 19.6 Å². The van der Waals surface area contributed by atoms with E-state index in [1.807, 2.05) is 0 Å². The normalized spacial score (nSPS) is 20.0. The highest BCUT2D eigenvalue weighted by atomic mass is 35.5. The van der Waals surface area contributed by atoms with Gasteiger partial charge in [0.15, 0.2) is 0 Å². The Morgan fingerprint density at radius 1 is 1.33 bits per heavy atom. The maximum Gasteiger partial charge on any atom is 0.233 e. The Kier molecular flexibility index (Phi) is 6.23. The first-order valence-electron chi connectivity index (χ1n) is 7.19. The molecule has 6 heteroatoms. The second kappa shape index (κ2) is 7.94. The van der Waals surface area contributed by atoms with Crippen molar-refractivity contribution in [2.24, 2.45) is 5.92 Å². The van der Waals surface area contributed by atoms with E-state index in [0.29, 0.717) is 17.5 Å². The van der Waals surface area contributed by atoms with Crippen LogP contribution >= 0.6 is 11.6 Å². The van der Waals surface area contributed by atoms with E-state index in [-0.39, 0.29) is 0 Å². The first kappa shape index (κ1) is 16.5. The van der Waals surface area contributed by atoms with E-state index in [4.69, 9.17) is 11.6 Å². The van der Waals surface area contributed by atoms with Crippen molar-refractivity contribution in [3.05, 3.63) is 40.3 Å². The van der Waals surface area contributed by atoms with Crippen molar-refractivity contribution in [2.45, 2.75) is 19.3 Å². The van der Waals surface area contributed by atoms with Crippen molar-refractivity contribution in [3.8, 4) is 0 Å². The molecular weight excluding hydrogens is 308 g/mol. The van der Waals surface area contributed by atoms with Gasteiger partial charge in [0.25, 0.3) is 0 Å². The first-order valence-corrected chi connectivity index (χ1v) is 9.12. The van der Waals surface area contributed by atoms with Gasteiger partial charge in [-0.3, -0.25) is 0 Å². The zero-order chi connectivity index (χ0) is 15.1. The van der Waals surface area contributed by atoms with E-state index in [0.717, 1.165) is 25.1 Å². The highest BCUT2D eigenvalue weighted by Crippen LogP contribution is 2.13. The van der Waals surface area contributed by atoms with Crippen LogP contribution in [0.3, 0.4) is 0 Å². The van der Waals surface area contributed by atoms with Crippen LogP contribution in [0.2, 0.25) is 5.02 Å². The average molecular weight is 329 g/mol. The monoisotopic (exact) mass is 328 g/mol. The molecule has 1 aliphatic rings. The number of benzene rings is 1. The van der Waals surface area contributed by atoms with Gasteiger partial charge < -0.3 is 5.32 Å². The molecule has 1 saturated heterocycles. The van der Waals surface area contributed by atoms with Crippen molar-refractivity contribution in [1.29, 1.82) is 0 Å². The predicted octanol–water partition coefficient (Wildman–Crippen LogP) is 2.62. The number of nitrogens with one attached hydrogen (secondary N) is 2. The van der Waals surface area contributed by atoms with Crippen molar-refractivity contribution in [1.82, 2.24) is 10.0 Å². The largest absolute Gasteiger partial charge is 0.316 e. The number of rotatable bonds is 6. The maximum absolute atomic E-state index is 11.9. The molecule has 0 aromatic heterocycles. The maximum atomic E-state index is 11.9. The van der Waals surface area contributed by atoms with Gasteiger partial charge in [0.1, 0.15) is 0 Å². The summed E-state index contributed by atoms with van der Waals surface area (Å²) in [5.74, 6) is 0.571. The van der Waals surface area contributed by atoms with Gasteiger partial charge in [-0.2, -0.15) is 0 Å².